The number of halogens is 3. The Balaban J connectivity index is 1.52. The zero-order valence-corrected chi connectivity index (χ0v) is 23.7. The molecule has 0 radical (unpaired) electrons. The van der Waals surface area contributed by atoms with Gasteiger partial charge >= 0.3 is 5.97 Å². The molecule has 0 unspecified atom stereocenters. The molecule has 0 saturated carbocycles. The number of nitrogens with zero attached hydrogens (tertiary/aromatic N) is 1. The Kier molecular flexibility index (Phi) is 7.98. The average molecular weight is 619 g/mol. The van der Waals surface area contributed by atoms with Gasteiger partial charge in [0.25, 0.3) is 0 Å². The van der Waals surface area contributed by atoms with Gasteiger partial charge < -0.3 is 14.7 Å². The van der Waals surface area contributed by atoms with E-state index in [1.807, 2.05) is 29.2 Å². The molecule has 3 aliphatic rings. The summed E-state index contributed by atoms with van der Waals surface area (Å²) in [6.45, 7) is 0.501. The molecule has 9 heteroatoms. The van der Waals surface area contributed by atoms with E-state index in [2.05, 4.69) is 15.9 Å². The SMILES string of the molecule is O=C(O)CCN1C2=C(C(=O)CCC2)C(c2ccc(OCc3ccc(Cl)cc3Cl)c(Br)c2)C2=C1CCCC2=O. The lowest BCUT2D eigenvalue weighted by Crippen LogP contribution is -2.39. The van der Waals surface area contributed by atoms with Crippen molar-refractivity contribution >= 4 is 56.7 Å². The maximum atomic E-state index is 13.4. The van der Waals surface area contributed by atoms with Crippen LogP contribution in [0, 0.1) is 0 Å². The Hall–Kier alpha value is -2.61. The van der Waals surface area contributed by atoms with E-state index in [0.717, 1.165) is 22.5 Å². The standard InChI is InChI=1S/C29H26BrCl2NO5/c30-19-13-16(8-10-25(19)38-15-17-7-9-18(31)14-20(17)32)27-28-21(3-1-5-23(28)34)33(12-11-26(36)37)22-4-2-6-24(35)29(22)27/h7-10,13-14,27H,1-6,11-12,15H2,(H,36,37). The molecular weight excluding hydrogens is 593 g/mol. The topological polar surface area (TPSA) is 83.9 Å². The van der Waals surface area contributed by atoms with Crippen LogP contribution in [0.15, 0.2) is 63.4 Å². The Morgan fingerprint density at radius 3 is 2.21 bits per heavy atom. The Labute approximate surface area is 239 Å². The van der Waals surface area contributed by atoms with Gasteiger partial charge in [-0.3, -0.25) is 14.4 Å². The normalized spacial score (nSPS) is 18.0. The largest absolute Gasteiger partial charge is 0.488 e. The predicted molar refractivity (Wildman–Crippen MR) is 148 cm³/mol. The van der Waals surface area contributed by atoms with Crippen molar-refractivity contribution in [2.45, 2.75) is 57.5 Å². The van der Waals surface area contributed by atoms with Crippen LogP contribution in [0.25, 0.3) is 0 Å². The molecule has 6 nitrogen and oxygen atoms in total. The smallest absolute Gasteiger partial charge is 0.305 e. The van der Waals surface area contributed by atoms with E-state index >= 15 is 0 Å². The fourth-order valence-corrected chi connectivity index (χ4v) is 6.61. The van der Waals surface area contributed by atoms with Crippen molar-refractivity contribution < 1.29 is 24.2 Å². The van der Waals surface area contributed by atoms with Crippen molar-refractivity contribution in [3.05, 3.63) is 84.6 Å². The van der Waals surface area contributed by atoms with Crippen LogP contribution in [0.3, 0.4) is 0 Å². The zero-order chi connectivity index (χ0) is 27.0. The Morgan fingerprint density at radius 1 is 0.974 bits per heavy atom. The lowest BCUT2D eigenvalue weighted by molar-refractivity contribution is -0.137. The van der Waals surface area contributed by atoms with Crippen LogP contribution in [-0.4, -0.2) is 34.1 Å². The van der Waals surface area contributed by atoms with E-state index in [-0.39, 0.29) is 31.1 Å². The van der Waals surface area contributed by atoms with Crippen molar-refractivity contribution in [3.63, 3.8) is 0 Å². The van der Waals surface area contributed by atoms with Gasteiger partial charge in [0.2, 0.25) is 0 Å². The number of carbonyl (C=O) groups excluding carboxylic acids is 2. The second-order valence-corrected chi connectivity index (χ2v) is 11.4. The number of benzene rings is 2. The van der Waals surface area contributed by atoms with Crippen LogP contribution in [0.4, 0.5) is 0 Å². The lowest BCUT2D eigenvalue weighted by Gasteiger charge is -2.44. The molecule has 38 heavy (non-hydrogen) atoms. The van der Waals surface area contributed by atoms with Crippen molar-refractivity contribution in [1.82, 2.24) is 4.90 Å². The molecule has 2 aromatic carbocycles. The monoisotopic (exact) mass is 617 g/mol. The number of carbonyl (C=O) groups is 3. The second kappa shape index (κ2) is 11.2. The minimum Gasteiger partial charge on any atom is -0.488 e. The molecule has 0 amide bonds. The van der Waals surface area contributed by atoms with E-state index in [4.69, 9.17) is 27.9 Å². The second-order valence-electron chi connectivity index (χ2n) is 9.72. The molecule has 0 bridgehead atoms. The van der Waals surface area contributed by atoms with Gasteiger partial charge in [-0.1, -0.05) is 35.3 Å². The first kappa shape index (κ1) is 27.0. The maximum absolute atomic E-state index is 13.4. The van der Waals surface area contributed by atoms with Crippen LogP contribution >= 0.6 is 39.1 Å². The Morgan fingerprint density at radius 2 is 1.63 bits per heavy atom. The molecule has 5 rings (SSSR count). The van der Waals surface area contributed by atoms with E-state index < -0.39 is 11.9 Å². The fourth-order valence-electron chi connectivity index (χ4n) is 5.64. The highest BCUT2D eigenvalue weighted by Gasteiger charge is 2.43. The molecule has 0 spiro atoms. The van der Waals surface area contributed by atoms with Gasteiger partial charge in [0.15, 0.2) is 11.6 Å². The van der Waals surface area contributed by atoms with Gasteiger partial charge in [-0.25, -0.2) is 0 Å². The van der Waals surface area contributed by atoms with Gasteiger partial charge in [0.05, 0.1) is 10.9 Å². The maximum Gasteiger partial charge on any atom is 0.305 e. The van der Waals surface area contributed by atoms with Gasteiger partial charge in [-0.05, 0) is 71.4 Å². The highest BCUT2D eigenvalue weighted by molar-refractivity contribution is 9.10. The van der Waals surface area contributed by atoms with E-state index in [0.29, 0.717) is 69.9 Å². The summed E-state index contributed by atoms with van der Waals surface area (Å²) >= 11 is 15.9. The van der Waals surface area contributed by atoms with Crippen molar-refractivity contribution in [2.24, 2.45) is 0 Å². The number of hydrogen-bond acceptors (Lipinski definition) is 5. The summed E-state index contributed by atoms with van der Waals surface area (Å²) in [6, 6.07) is 10.9. The zero-order valence-electron chi connectivity index (χ0n) is 20.6. The third-order valence-electron chi connectivity index (χ3n) is 7.32. The van der Waals surface area contributed by atoms with Crippen LogP contribution < -0.4 is 4.74 Å². The van der Waals surface area contributed by atoms with E-state index in [1.54, 1.807) is 12.1 Å². The van der Waals surface area contributed by atoms with Crippen LogP contribution in [0.2, 0.25) is 10.0 Å². The molecule has 0 atom stereocenters. The van der Waals surface area contributed by atoms with Gasteiger partial charge in [-0.15, -0.1) is 0 Å². The first-order valence-electron chi connectivity index (χ1n) is 12.6. The molecule has 2 aromatic rings. The number of allylic oxidation sites excluding steroid dienone is 4. The molecule has 1 N–H and O–H groups in total. The molecule has 2 aliphatic carbocycles. The van der Waals surface area contributed by atoms with Crippen LogP contribution in [0.5, 0.6) is 5.75 Å². The number of ether oxygens (including phenoxy) is 1. The minimum absolute atomic E-state index is 0.0235. The van der Waals surface area contributed by atoms with Crippen LogP contribution in [-0.2, 0) is 21.0 Å². The Bertz CT molecular complexity index is 1360. The van der Waals surface area contributed by atoms with Crippen molar-refractivity contribution in [2.75, 3.05) is 6.54 Å². The molecule has 1 heterocycles. The molecule has 0 aromatic heterocycles. The third-order valence-corrected chi connectivity index (χ3v) is 8.53. The molecule has 0 fully saturated rings. The molecular formula is C29H26BrCl2NO5. The summed E-state index contributed by atoms with van der Waals surface area (Å²) < 4.78 is 6.72. The van der Waals surface area contributed by atoms with E-state index in [9.17, 15) is 19.5 Å². The molecule has 1 aliphatic heterocycles. The van der Waals surface area contributed by atoms with Crippen molar-refractivity contribution in [3.8, 4) is 5.75 Å². The van der Waals surface area contributed by atoms with Crippen LogP contribution in [0.1, 0.15) is 62.0 Å². The lowest BCUT2D eigenvalue weighted by atomic mass is 9.71. The highest BCUT2D eigenvalue weighted by atomic mass is 79.9. The average Bonchev–Trinajstić information content (AvgIpc) is 2.87. The van der Waals surface area contributed by atoms with Crippen molar-refractivity contribution in [1.29, 1.82) is 0 Å². The number of carboxylic acid groups (broad SMARTS) is 1. The third kappa shape index (κ3) is 5.29. The summed E-state index contributed by atoms with van der Waals surface area (Å²) in [6.07, 6.45) is 3.59. The number of ketones is 2. The summed E-state index contributed by atoms with van der Waals surface area (Å²) in [5.41, 5.74) is 4.63. The molecule has 198 valence electrons. The number of carboxylic acids is 1. The highest BCUT2D eigenvalue weighted by Crippen LogP contribution is 2.49. The molecule has 0 saturated heterocycles. The van der Waals surface area contributed by atoms with Gasteiger partial charge in [0.1, 0.15) is 12.4 Å². The fraction of sp³-hybridized carbons (Fsp3) is 0.345. The summed E-state index contributed by atoms with van der Waals surface area (Å²) in [7, 11) is 0. The van der Waals surface area contributed by atoms with Gasteiger partial charge in [0, 0.05) is 63.5 Å². The number of hydrogen-bond donors (Lipinski definition) is 1. The van der Waals surface area contributed by atoms with Gasteiger partial charge in [-0.2, -0.15) is 0 Å². The summed E-state index contributed by atoms with van der Waals surface area (Å²) in [5.74, 6) is -0.726. The number of aliphatic carboxylic acids is 1. The van der Waals surface area contributed by atoms with E-state index in [1.165, 1.54) is 0 Å². The quantitative estimate of drug-likeness (QED) is 0.353. The predicted octanol–water partition coefficient (Wildman–Crippen LogP) is 7.22. The summed E-state index contributed by atoms with van der Waals surface area (Å²) in [4.78, 5) is 40.1. The minimum atomic E-state index is -0.903. The number of rotatable bonds is 7. The summed E-state index contributed by atoms with van der Waals surface area (Å²) in [5, 5.41) is 10.4. The first-order chi connectivity index (χ1) is 18.2. The number of Topliss-reactive ketones (excluding diaryl/α,β-unsaturated/α-hetero) is 2. The first-order valence-corrected chi connectivity index (χ1v) is 14.2.